The van der Waals surface area contributed by atoms with Gasteiger partial charge >= 0.3 is 0 Å². The number of rotatable bonds is 3. The van der Waals surface area contributed by atoms with Gasteiger partial charge in [-0.3, -0.25) is 4.68 Å². The monoisotopic (exact) mass is 223 g/mol. The van der Waals surface area contributed by atoms with E-state index in [4.69, 9.17) is 10.5 Å². The highest BCUT2D eigenvalue weighted by Gasteiger charge is 2.26. The summed E-state index contributed by atoms with van der Waals surface area (Å²) in [6, 6.07) is 2.07. The number of aromatic nitrogens is 2. The summed E-state index contributed by atoms with van der Waals surface area (Å²) < 4.78 is 7.38. The van der Waals surface area contributed by atoms with Crippen LogP contribution in [0.2, 0.25) is 0 Å². The highest BCUT2D eigenvalue weighted by Crippen LogP contribution is 2.23. The van der Waals surface area contributed by atoms with Crippen LogP contribution < -0.4 is 5.73 Å². The molecule has 1 aromatic heterocycles. The van der Waals surface area contributed by atoms with Gasteiger partial charge in [0, 0.05) is 37.7 Å². The lowest BCUT2D eigenvalue weighted by Crippen LogP contribution is -2.40. The van der Waals surface area contributed by atoms with E-state index in [1.807, 2.05) is 17.9 Å². The Morgan fingerprint density at radius 2 is 2.38 bits per heavy atom. The molecule has 1 atom stereocenters. The lowest BCUT2D eigenvalue weighted by molar-refractivity contribution is 0.139. The Morgan fingerprint density at radius 3 is 3.12 bits per heavy atom. The Hall–Kier alpha value is -0.870. The van der Waals surface area contributed by atoms with Crippen molar-refractivity contribution in [1.29, 1.82) is 0 Å². The second-order valence-corrected chi connectivity index (χ2v) is 4.77. The summed E-state index contributed by atoms with van der Waals surface area (Å²) in [5.41, 5.74) is 7.63. The third-order valence-electron chi connectivity index (χ3n) is 3.51. The normalized spacial score (nSPS) is 26.6. The van der Waals surface area contributed by atoms with Crippen LogP contribution in [0.4, 0.5) is 0 Å². The molecule has 1 aliphatic heterocycles. The van der Waals surface area contributed by atoms with Crippen LogP contribution in [0.25, 0.3) is 0 Å². The minimum absolute atomic E-state index is 0.0409. The number of nitrogens with zero attached hydrogens (tertiary/aromatic N) is 2. The molecule has 0 aromatic carbocycles. The maximum Gasteiger partial charge on any atom is 0.0492 e. The van der Waals surface area contributed by atoms with Gasteiger partial charge in [-0.2, -0.15) is 5.10 Å². The molecule has 2 heterocycles. The summed E-state index contributed by atoms with van der Waals surface area (Å²) in [6.45, 7) is 1.67. The quantitative estimate of drug-likeness (QED) is 0.839. The van der Waals surface area contributed by atoms with Crippen molar-refractivity contribution in [2.75, 3.05) is 13.2 Å². The molecule has 0 bridgehead atoms. The number of hydrogen-bond acceptors (Lipinski definition) is 3. The van der Waals surface area contributed by atoms with Gasteiger partial charge in [-0.15, -0.1) is 0 Å². The SMILES string of the molecule is Cn1nccc1CCC1(N)CCCOCC1. The van der Waals surface area contributed by atoms with Crippen LogP contribution in [-0.4, -0.2) is 28.5 Å². The molecule has 0 amide bonds. The molecule has 0 spiro atoms. The predicted octanol–water partition coefficient (Wildman–Crippen LogP) is 1.25. The van der Waals surface area contributed by atoms with E-state index in [-0.39, 0.29) is 5.54 Å². The van der Waals surface area contributed by atoms with Crippen molar-refractivity contribution in [1.82, 2.24) is 9.78 Å². The van der Waals surface area contributed by atoms with E-state index in [0.29, 0.717) is 0 Å². The van der Waals surface area contributed by atoms with Gasteiger partial charge in [0.05, 0.1) is 0 Å². The number of aryl methyl sites for hydroxylation is 2. The maximum atomic E-state index is 6.42. The number of ether oxygens (including phenoxy) is 1. The highest BCUT2D eigenvalue weighted by molar-refractivity contribution is 5.02. The molecule has 1 saturated heterocycles. The van der Waals surface area contributed by atoms with Gasteiger partial charge in [-0.05, 0) is 38.2 Å². The van der Waals surface area contributed by atoms with Gasteiger partial charge in [-0.1, -0.05) is 0 Å². The van der Waals surface area contributed by atoms with Crippen molar-refractivity contribution in [3.63, 3.8) is 0 Å². The summed E-state index contributed by atoms with van der Waals surface area (Å²) in [6.07, 6.45) is 7.01. The summed E-state index contributed by atoms with van der Waals surface area (Å²) in [5.74, 6) is 0. The second-order valence-electron chi connectivity index (χ2n) is 4.77. The maximum absolute atomic E-state index is 6.42. The molecule has 4 nitrogen and oxygen atoms in total. The smallest absolute Gasteiger partial charge is 0.0492 e. The van der Waals surface area contributed by atoms with Crippen molar-refractivity contribution in [2.45, 2.75) is 37.6 Å². The lowest BCUT2D eigenvalue weighted by Gasteiger charge is -2.27. The molecule has 0 saturated carbocycles. The van der Waals surface area contributed by atoms with Gasteiger partial charge in [0.1, 0.15) is 0 Å². The van der Waals surface area contributed by atoms with Crippen molar-refractivity contribution in [3.8, 4) is 0 Å². The molecule has 16 heavy (non-hydrogen) atoms. The Balaban J connectivity index is 1.90. The van der Waals surface area contributed by atoms with Crippen LogP contribution in [0.3, 0.4) is 0 Å². The van der Waals surface area contributed by atoms with Gasteiger partial charge in [-0.25, -0.2) is 0 Å². The van der Waals surface area contributed by atoms with Gasteiger partial charge in [0.2, 0.25) is 0 Å². The van der Waals surface area contributed by atoms with Gasteiger partial charge in [0.15, 0.2) is 0 Å². The summed E-state index contributed by atoms with van der Waals surface area (Å²) in [7, 11) is 1.98. The van der Waals surface area contributed by atoms with E-state index < -0.39 is 0 Å². The van der Waals surface area contributed by atoms with Crippen LogP contribution in [-0.2, 0) is 18.2 Å². The van der Waals surface area contributed by atoms with Gasteiger partial charge < -0.3 is 10.5 Å². The summed E-state index contributed by atoms with van der Waals surface area (Å²) >= 11 is 0. The predicted molar refractivity (Wildman–Crippen MR) is 63.1 cm³/mol. The molecule has 2 N–H and O–H groups in total. The van der Waals surface area contributed by atoms with E-state index in [0.717, 1.165) is 45.3 Å². The molecule has 0 aliphatic carbocycles. The molecule has 1 aromatic rings. The standard InChI is InChI=1S/C12H21N3O/c1-15-11(4-8-14-15)3-6-12(13)5-2-9-16-10-7-12/h4,8H,2-3,5-7,9-10,13H2,1H3. The molecular weight excluding hydrogens is 202 g/mol. The molecule has 1 aliphatic rings. The average Bonchev–Trinajstić information content (AvgIpc) is 2.54. The number of nitrogens with two attached hydrogens (primary N) is 1. The minimum Gasteiger partial charge on any atom is -0.381 e. The molecule has 4 heteroatoms. The second kappa shape index (κ2) is 4.97. The zero-order valence-electron chi connectivity index (χ0n) is 9.98. The third kappa shape index (κ3) is 2.83. The zero-order valence-corrected chi connectivity index (χ0v) is 9.98. The Morgan fingerprint density at radius 1 is 1.50 bits per heavy atom. The molecule has 90 valence electrons. The Kier molecular flexibility index (Phi) is 3.61. The molecule has 1 unspecified atom stereocenters. The fraction of sp³-hybridized carbons (Fsp3) is 0.750. The highest BCUT2D eigenvalue weighted by atomic mass is 16.5. The topological polar surface area (TPSA) is 53.1 Å². The molecular formula is C12H21N3O. The molecule has 0 radical (unpaired) electrons. The third-order valence-corrected chi connectivity index (χ3v) is 3.51. The van der Waals surface area contributed by atoms with Crippen molar-refractivity contribution >= 4 is 0 Å². The first-order chi connectivity index (χ1) is 7.70. The van der Waals surface area contributed by atoms with Crippen molar-refractivity contribution < 1.29 is 4.74 Å². The van der Waals surface area contributed by atoms with Crippen molar-refractivity contribution in [3.05, 3.63) is 18.0 Å². The van der Waals surface area contributed by atoms with E-state index in [2.05, 4.69) is 11.2 Å². The minimum atomic E-state index is -0.0409. The van der Waals surface area contributed by atoms with E-state index in [1.165, 1.54) is 5.69 Å². The summed E-state index contributed by atoms with van der Waals surface area (Å²) in [5, 5.41) is 4.17. The largest absolute Gasteiger partial charge is 0.381 e. The van der Waals surface area contributed by atoms with Crippen LogP contribution >= 0.6 is 0 Å². The van der Waals surface area contributed by atoms with Crippen LogP contribution in [0.15, 0.2) is 12.3 Å². The number of hydrogen-bond donors (Lipinski definition) is 1. The van der Waals surface area contributed by atoms with E-state index in [9.17, 15) is 0 Å². The first-order valence-electron chi connectivity index (χ1n) is 6.03. The Labute approximate surface area is 96.8 Å². The molecule has 2 rings (SSSR count). The first-order valence-corrected chi connectivity index (χ1v) is 6.03. The Bertz CT molecular complexity index is 327. The molecule has 1 fully saturated rings. The first kappa shape index (κ1) is 11.6. The van der Waals surface area contributed by atoms with Crippen LogP contribution in [0.5, 0.6) is 0 Å². The van der Waals surface area contributed by atoms with E-state index >= 15 is 0 Å². The fourth-order valence-electron chi connectivity index (χ4n) is 2.30. The van der Waals surface area contributed by atoms with Crippen LogP contribution in [0.1, 0.15) is 31.4 Å². The van der Waals surface area contributed by atoms with Gasteiger partial charge in [0.25, 0.3) is 0 Å². The van der Waals surface area contributed by atoms with E-state index in [1.54, 1.807) is 0 Å². The average molecular weight is 223 g/mol. The van der Waals surface area contributed by atoms with Crippen LogP contribution in [0, 0.1) is 0 Å². The van der Waals surface area contributed by atoms with Crippen molar-refractivity contribution in [2.24, 2.45) is 12.8 Å². The zero-order chi connectivity index (χ0) is 11.4. The lowest BCUT2D eigenvalue weighted by atomic mass is 9.86. The fourth-order valence-corrected chi connectivity index (χ4v) is 2.30. The summed E-state index contributed by atoms with van der Waals surface area (Å²) in [4.78, 5) is 0.